The number of carbonyl (C=O) groups is 4. The van der Waals surface area contributed by atoms with E-state index >= 15 is 0 Å². The molecule has 2 rings (SSSR count). The normalized spacial score (nSPS) is 15.9. The number of methoxy groups -OCH3 is 2. The summed E-state index contributed by atoms with van der Waals surface area (Å²) in [6.45, 7) is 3.24. The highest BCUT2D eigenvalue weighted by Crippen LogP contribution is 2.38. The van der Waals surface area contributed by atoms with Gasteiger partial charge in [-0.05, 0) is 49.4 Å². The van der Waals surface area contributed by atoms with E-state index in [0.29, 0.717) is 28.1 Å². The molecule has 0 saturated carbocycles. The first kappa shape index (κ1) is 23.7. The molecule has 9 nitrogen and oxygen atoms in total. The van der Waals surface area contributed by atoms with Crippen molar-refractivity contribution in [1.29, 1.82) is 0 Å². The third kappa shape index (κ3) is 5.33. The predicted octanol–water partition coefficient (Wildman–Crippen LogP) is 3.00. The van der Waals surface area contributed by atoms with Crippen LogP contribution in [0.4, 0.5) is 4.79 Å². The minimum absolute atomic E-state index is 0.141. The number of imide groups is 1. The highest BCUT2D eigenvalue weighted by atomic mass is 79.9. The molecule has 0 unspecified atom stereocenters. The number of amides is 2. The van der Waals surface area contributed by atoms with Crippen LogP contribution in [0, 0.1) is 0 Å². The summed E-state index contributed by atoms with van der Waals surface area (Å²) in [6, 6.07) is 2.16. The van der Waals surface area contributed by atoms with Gasteiger partial charge in [0.25, 0.3) is 11.1 Å². The number of carbonyl (C=O) groups excluding carboxylic acids is 4. The maximum absolute atomic E-state index is 12.7. The lowest BCUT2D eigenvalue weighted by atomic mass is 10.1. The molecule has 1 saturated heterocycles. The van der Waals surface area contributed by atoms with Crippen LogP contribution >= 0.6 is 27.7 Å². The minimum atomic E-state index is -1.04. The van der Waals surface area contributed by atoms with Gasteiger partial charge in [0.15, 0.2) is 18.1 Å². The lowest BCUT2D eigenvalue weighted by Crippen LogP contribution is -2.42. The van der Waals surface area contributed by atoms with Crippen molar-refractivity contribution in [3.05, 3.63) is 27.1 Å². The third-order valence-electron chi connectivity index (χ3n) is 3.98. The molecule has 11 heteroatoms. The van der Waals surface area contributed by atoms with Crippen LogP contribution in [0.1, 0.15) is 19.4 Å². The maximum Gasteiger partial charge on any atom is 0.343 e. The van der Waals surface area contributed by atoms with E-state index in [4.69, 9.17) is 9.47 Å². The summed E-state index contributed by atoms with van der Waals surface area (Å²) in [5, 5.41) is -0.566. The van der Waals surface area contributed by atoms with Gasteiger partial charge in [0, 0.05) is 4.47 Å². The van der Waals surface area contributed by atoms with Gasteiger partial charge >= 0.3 is 11.9 Å². The second-order valence-electron chi connectivity index (χ2n) is 5.87. The first-order valence-electron chi connectivity index (χ1n) is 8.74. The molecular weight excluding hydrogens is 482 g/mol. The van der Waals surface area contributed by atoms with Gasteiger partial charge in [-0.25, -0.2) is 9.59 Å². The van der Waals surface area contributed by atoms with Crippen LogP contribution in [0.15, 0.2) is 21.5 Å². The Hall–Kier alpha value is -2.53. The summed E-state index contributed by atoms with van der Waals surface area (Å²) in [4.78, 5) is 49.0. The summed E-state index contributed by atoms with van der Waals surface area (Å²) in [6.07, 6.45) is 1.51. The molecule has 0 N–H and O–H groups in total. The SMILES string of the molecule is CCOc1cc(/C=C2/SC(=O)N([C@@H](C)C(=O)OC)C2=O)c(Br)cc1OCC(=O)OC. The molecule has 1 atom stereocenters. The van der Waals surface area contributed by atoms with Crippen molar-refractivity contribution in [1.82, 2.24) is 4.90 Å². The molecule has 0 aliphatic carbocycles. The number of thioether (sulfide) groups is 1. The number of hydrogen-bond acceptors (Lipinski definition) is 9. The molecule has 0 radical (unpaired) electrons. The fourth-order valence-corrected chi connectivity index (χ4v) is 3.80. The van der Waals surface area contributed by atoms with Gasteiger partial charge in [-0.15, -0.1) is 0 Å². The van der Waals surface area contributed by atoms with E-state index in [9.17, 15) is 19.2 Å². The number of benzene rings is 1. The first-order chi connectivity index (χ1) is 14.2. The molecule has 1 heterocycles. The van der Waals surface area contributed by atoms with E-state index in [0.717, 1.165) is 16.7 Å². The smallest absolute Gasteiger partial charge is 0.343 e. The Kier molecular flexibility index (Phi) is 8.30. The molecule has 1 fully saturated rings. The molecule has 1 aliphatic rings. The lowest BCUT2D eigenvalue weighted by molar-refractivity contribution is -0.148. The fourth-order valence-electron chi connectivity index (χ4n) is 2.47. The van der Waals surface area contributed by atoms with Crippen molar-refractivity contribution < 1.29 is 38.1 Å². The van der Waals surface area contributed by atoms with Crippen LogP contribution in [0.2, 0.25) is 0 Å². The molecule has 1 aromatic rings. The predicted molar refractivity (Wildman–Crippen MR) is 112 cm³/mol. The molecule has 0 spiro atoms. The lowest BCUT2D eigenvalue weighted by Gasteiger charge is -2.18. The zero-order chi connectivity index (χ0) is 22.4. The molecule has 162 valence electrons. The average Bonchev–Trinajstić information content (AvgIpc) is 3.00. The molecule has 0 aromatic heterocycles. The van der Waals surface area contributed by atoms with Crippen LogP contribution < -0.4 is 9.47 Å². The largest absolute Gasteiger partial charge is 0.490 e. The fraction of sp³-hybridized carbons (Fsp3) is 0.368. The Morgan fingerprint density at radius 1 is 1.17 bits per heavy atom. The van der Waals surface area contributed by atoms with Crippen molar-refractivity contribution in [2.75, 3.05) is 27.4 Å². The number of rotatable bonds is 8. The van der Waals surface area contributed by atoms with Crippen LogP contribution in [-0.2, 0) is 23.9 Å². The Morgan fingerprint density at radius 3 is 2.43 bits per heavy atom. The Bertz CT molecular complexity index is 901. The standard InChI is InChI=1S/C19H20BrNO8S/c1-5-28-13-6-11(12(20)8-14(13)29-9-16(22)26-3)7-15-17(23)21(19(25)30-15)10(2)18(24)27-4/h6-8,10H,5,9H2,1-4H3/b15-7+/t10-/m0/s1. The molecule has 1 aromatic carbocycles. The Balaban J connectivity index is 2.35. The van der Waals surface area contributed by atoms with Gasteiger partial charge < -0.3 is 18.9 Å². The van der Waals surface area contributed by atoms with E-state index in [1.54, 1.807) is 19.1 Å². The quantitative estimate of drug-likeness (QED) is 0.392. The Labute approximate surface area is 185 Å². The van der Waals surface area contributed by atoms with E-state index in [2.05, 4.69) is 25.4 Å². The van der Waals surface area contributed by atoms with E-state index in [-0.39, 0.29) is 11.5 Å². The Morgan fingerprint density at radius 2 is 1.83 bits per heavy atom. The summed E-state index contributed by atoms with van der Waals surface area (Å²) in [7, 11) is 2.44. The van der Waals surface area contributed by atoms with E-state index in [1.807, 2.05) is 0 Å². The van der Waals surface area contributed by atoms with E-state index in [1.165, 1.54) is 27.2 Å². The third-order valence-corrected chi connectivity index (χ3v) is 5.55. The second-order valence-corrected chi connectivity index (χ2v) is 7.72. The topological polar surface area (TPSA) is 108 Å². The van der Waals surface area contributed by atoms with Crippen LogP contribution in [0.5, 0.6) is 11.5 Å². The number of esters is 2. The summed E-state index contributed by atoms with van der Waals surface area (Å²) < 4.78 is 20.7. The highest BCUT2D eigenvalue weighted by molar-refractivity contribution is 9.10. The summed E-state index contributed by atoms with van der Waals surface area (Å²) in [5.74, 6) is -1.19. The van der Waals surface area contributed by atoms with Gasteiger partial charge in [0.2, 0.25) is 0 Å². The summed E-state index contributed by atoms with van der Waals surface area (Å²) >= 11 is 4.11. The first-order valence-corrected chi connectivity index (χ1v) is 10.3. The number of hydrogen-bond donors (Lipinski definition) is 0. The van der Waals surface area contributed by atoms with Crippen molar-refractivity contribution in [2.24, 2.45) is 0 Å². The van der Waals surface area contributed by atoms with Gasteiger partial charge in [0.1, 0.15) is 6.04 Å². The number of ether oxygens (including phenoxy) is 4. The number of nitrogens with zero attached hydrogens (tertiary/aromatic N) is 1. The van der Waals surface area contributed by atoms with Gasteiger partial charge in [-0.3, -0.25) is 14.5 Å². The van der Waals surface area contributed by atoms with Crippen LogP contribution in [0.25, 0.3) is 6.08 Å². The van der Waals surface area contributed by atoms with Gasteiger partial charge in [0.05, 0.1) is 25.7 Å². The molecule has 1 aliphatic heterocycles. The average molecular weight is 502 g/mol. The van der Waals surface area contributed by atoms with Gasteiger partial charge in [-0.1, -0.05) is 15.9 Å². The second kappa shape index (κ2) is 10.5. The molecule has 30 heavy (non-hydrogen) atoms. The summed E-state index contributed by atoms with van der Waals surface area (Å²) in [5.41, 5.74) is 0.542. The number of halogens is 1. The molecule has 0 bridgehead atoms. The van der Waals surface area contributed by atoms with Crippen molar-refractivity contribution >= 4 is 56.9 Å². The monoisotopic (exact) mass is 501 g/mol. The molecule has 2 amide bonds. The zero-order valence-electron chi connectivity index (χ0n) is 16.7. The van der Waals surface area contributed by atoms with Crippen molar-refractivity contribution in [3.63, 3.8) is 0 Å². The minimum Gasteiger partial charge on any atom is -0.490 e. The van der Waals surface area contributed by atoms with Crippen LogP contribution in [0.3, 0.4) is 0 Å². The van der Waals surface area contributed by atoms with Crippen molar-refractivity contribution in [2.45, 2.75) is 19.9 Å². The van der Waals surface area contributed by atoms with Gasteiger partial charge in [-0.2, -0.15) is 0 Å². The van der Waals surface area contributed by atoms with Crippen LogP contribution in [-0.4, -0.2) is 61.5 Å². The van der Waals surface area contributed by atoms with E-state index < -0.39 is 29.1 Å². The highest BCUT2D eigenvalue weighted by Gasteiger charge is 2.41. The molecular formula is C19H20BrNO8S. The van der Waals surface area contributed by atoms with Crippen molar-refractivity contribution in [3.8, 4) is 11.5 Å². The zero-order valence-corrected chi connectivity index (χ0v) is 19.1. The maximum atomic E-state index is 12.7.